The third kappa shape index (κ3) is 4.91. The summed E-state index contributed by atoms with van der Waals surface area (Å²) in [6.07, 6.45) is 1.94. The summed E-state index contributed by atoms with van der Waals surface area (Å²) in [5.41, 5.74) is 1.09. The molecule has 1 heterocycles. The van der Waals surface area contributed by atoms with Gasteiger partial charge in [-0.3, -0.25) is 4.99 Å². The zero-order valence-electron chi connectivity index (χ0n) is 14.3. The van der Waals surface area contributed by atoms with Crippen molar-refractivity contribution in [3.8, 4) is 5.75 Å². The van der Waals surface area contributed by atoms with E-state index >= 15 is 0 Å². The molecule has 1 aromatic carbocycles. The van der Waals surface area contributed by atoms with Crippen molar-refractivity contribution < 1.29 is 17.9 Å². The van der Waals surface area contributed by atoms with Crippen LogP contribution in [-0.4, -0.2) is 36.1 Å². The summed E-state index contributed by atoms with van der Waals surface area (Å²) in [5, 5.41) is 2.97. The van der Waals surface area contributed by atoms with Gasteiger partial charge in [-0.25, -0.2) is 4.39 Å². The van der Waals surface area contributed by atoms with Crippen molar-refractivity contribution in [3.63, 3.8) is 0 Å². The second kappa shape index (κ2) is 8.46. The predicted molar refractivity (Wildman–Crippen MR) is 90.1 cm³/mol. The molecule has 0 amide bonds. The van der Waals surface area contributed by atoms with Crippen LogP contribution in [0.1, 0.15) is 11.3 Å². The molecule has 8 heteroatoms. The molecule has 0 aliphatic rings. The quantitative estimate of drug-likeness (QED) is 0.641. The van der Waals surface area contributed by atoms with Crippen LogP contribution >= 0.6 is 0 Å². The van der Waals surface area contributed by atoms with Gasteiger partial charge in [-0.1, -0.05) is 6.07 Å². The van der Waals surface area contributed by atoms with Crippen molar-refractivity contribution in [2.45, 2.75) is 19.7 Å². The number of aryl methyl sites for hydroxylation is 1. The fraction of sp³-hybridized carbons (Fsp3) is 0.353. The molecule has 5 nitrogen and oxygen atoms in total. The van der Waals surface area contributed by atoms with Gasteiger partial charge in [0.2, 0.25) is 0 Å². The maximum absolute atomic E-state index is 14.0. The van der Waals surface area contributed by atoms with Crippen molar-refractivity contribution in [1.29, 1.82) is 0 Å². The highest BCUT2D eigenvalue weighted by Gasteiger charge is 2.15. The fourth-order valence-electron chi connectivity index (χ4n) is 2.45. The summed E-state index contributed by atoms with van der Waals surface area (Å²) in [5.74, 6) is -0.304. The minimum Gasteiger partial charge on any atom is -0.434 e. The molecular formula is C17H21F3N4O. The summed E-state index contributed by atoms with van der Waals surface area (Å²) in [4.78, 5) is 6.00. The minimum absolute atomic E-state index is 0.0243. The lowest BCUT2D eigenvalue weighted by molar-refractivity contribution is -0.0506. The van der Waals surface area contributed by atoms with Crippen LogP contribution in [0.2, 0.25) is 0 Å². The van der Waals surface area contributed by atoms with Crippen LogP contribution in [0, 0.1) is 5.82 Å². The van der Waals surface area contributed by atoms with E-state index in [1.807, 2.05) is 41.9 Å². The van der Waals surface area contributed by atoms with E-state index in [9.17, 15) is 13.2 Å². The zero-order valence-corrected chi connectivity index (χ0v) is 14.3. The first-order valence-electron chi connectivity index (χ1n) is 7.66. The Kier molecular flexibility index (Phi) is 6.32. The van der Waals surface area contributed by atoms with Crippen molar-refractivity contribution in [2.75, 3.05) is 14.1 Å². The van der Waals surface area contributed by atoms with Crippen molar-refractivity contribution >= 4 is 5.96 Å². The van der Waals surface area contributed by atoms with Gasteiger partial charge in [-0.2, -0.15) is 8.78 Å². The second-order valence-electron chi connectivity index (χ2n) is 5.46. The molecule has 0 aliphatic carbocycles. The Morgan fingerprint density at radius 2 is 2.08 bits per heavy atom. The molecule has 0 fully saturated rings. The highest BCUT2D eigenvalue weighted by molar-refractivity contribution is 5.79. The van der Waals surface area contributed by atoms with E-state index in [0.717, 1.165) is 5.69 Å². The maximum Gasteiger partial charge on any atom is 0.387 e. The molecule has 25 heavy (non-hydrogen) atoms. The van der Waals surface area contributed by atoms with Crippen LogP contribution < -0.4 is 10.1 Å². The van der Waals surface area contributed by atoms with Crippen molar-refractivity contribution in [2.24, 2.45) is 12.0 Å². The van der Waals surface area contributed by atoms with E-state index in [-0.39, 0.29) is 17.9 Å². The largest absolute Gasteiger partial charge is 0.434 e. The lowest BCUT2D eigenvalue weighted by Crippen LogP contribution is -2.38. The van der Waals surface area contributed by atoms with Crippen LogP contribution in [0.5, 0.6) is 5.75 Å². The normalized spacial score (nSPS) is 11.7. The Labute approximate surface area is 144 Å². The number of nitrogens with one attached hydrogen (secondary N) is 1. The number of alkyl halides is 2. The third-order valence-corrected chi connectivity index (χ3v) is 3.74. The molecule has 1 N–H and O–H groups in total. The number of guanidine groups is 1. The Morgan fingerprint density at radius 3 is 2.68 bits per heavy atom. The predicted octanol–water partition coefficient (Wildman–Crippen LogP) is 2.97. The highest BCUT2D eigenvalue weighted by atomic mass is 19.3. The first-order valence-corrected chi connectivity index (χ1v) is 7.66. The van der Waals surface area contributed by atoms with Gasteiger partial charge in [0.05, 0.1) is 6.54 Å². The number of halogens is 3. The van der Waals surface area contributed by atoms with E-state index in [2.05, 4.69) is 15.0 Å². The van der Waals surface area contributed by atoms with Gasteiger partial charge in [-0.15, -0.1) is 0 Å². The molecule has 0 atom stereocenters. The minimum atomic E-state index is -3.01. The van der Waals surface area contributed by atoms with Crippen LogP contribution in [0.4, 0.5) is 13.2 Å². The molecule has 0 aliphatic heterocycles. The summed E-state index contributed by atoms with van der Waals surface area (Å²) in [6, 6.07) is 7.75. The van der Waals surface area contributed by atoms with Gasteiger partial charge in [0.25, 0.3) is 0 Å². The van der Waals surface area contributed by atoms with Gasteiger partial charge in [0, 0.05) is 45.1 Å². The van der Waals surface area contributed by atoms with E-state index in [0.29, 0.717) is 12.5 Å². The van der Waals surface area contributed by atoms with Crippen LogP contribution in [-0.2, 0) is 20.1 Å². The van der Waals surface area contributed by atoms with Crippen molar-refractivity contribution in [3.05, 3.63) is 53.6 Å². The topological polar surface area (TPSA) is 41.8 Å². The summed E-state index contributed by atoms with van der Waals surface area (Å²) in [7, 11) is 5.37. The molecular weight excluding hydrogens is 333 g/mol. The monoisotopic (exact) mass is 354 g/mol. The van der Waals surface area contributed by atoms with Gasteiger partial charge in [-0.05, 0) is 24.3 Å². The van der Waals surface area contributed by atoms with E-state index in [1.54, 1.807) is 7.05 Å². The molecule has 2 aromatic rings. The number of aliphatic imine (C=N–C) groups is 1. The molecule has 0 unspecified atom stereocenters. The van der Waals surface area contributed by atoms with Crippen LogP contribution in [0.3, 0.4) is 0 Å². The summed E-state index contributed by atoms with van der Waals surface area (Å²) >= 11 is 0. The Bertz CT molecular complexity index is 730. The average Bonchev–Trinajstić information content (AvgIpc) is 2.94. The van der Waals surface area contributed by atoms with E-state index in [4.69, 9.17) is 0 Å². The first-order chi connectivity index (χ1) is 11.9. The summed E-state index contributed by atoms with van der Waals surface area (Å²) in [6.45, 7) is -2.46. The Balaban J connectivity index is 2.07. The van der Waals surface area contributed by atoms with E-state index in [1.165, 1.54) is 18.2 Å². The number of hydrogen-bond donors (Lipinski definition) is 1. The van der Waals surface area contributed by atoms with Gasteiger partial charge >= 0.3 is 6.61 Å². The lowest BCUT2D eigenvalue weighted by atomic mass is 10.2. The number of aromatic nitrogens is 1. The van der Waals surface area contributed by atoms with Crippen LogP contribution in [0.25, 0.3) is 0 Å². The third-order valence-electron chi connectivity index (χ3n) is 3.74. The summed E-state index contributed by atoms with van der Waals surface area (Å²) < 4.78 is 45.3. The van der Waals surface area contributed by atoms with Gasteiger partial charge in [0.1, 0.15) is 11.6 Å². The molecule has 0 spiro atoms. The smallest absolute Gasteiger partial charge is 0.387 e. The van der Waals surface area contributed by atoms with E-state index < -0.39 is 12.4 Å². The lowest BCUT2D eigenvalue weighted by Gasteiger charge is -2.23. The second-order valence-corrected chi connectivity index (χ2v) is 5.46. The molecule has 2 rings (SSSR count). The fourth-order valence-corrected chi connectivity index (χ4v) is 2.45. The molecule has 0 radical (unpaired) electrons. The number of ether oxygens (including phenoxy) is 1. The molecule has 0 bridgehead atoms. The molecule has 1 aromatic heterocycles. The zero-order chi connectivity index (χ0) is 18.4. The van der Waals surface area contributed by atoms with Crippen LogP contribution in [0.15, 0.2) is 41.5 Å². The SMILES string of the molecule is CN=C(NCc1c(F)cccc1OC(F)F)N(C)Cc1cccn1C. The highest BCUT2D eigenvalue weighted by Crippen LogP contribution is 2.23. The molecule has 0 saturated carbocycles. The molecule has 0 saturated heterocycles. The number of nitrogens with zero attached hydrogens (tertiary/aromatic N) is 3. The van der Waals surface area contributed by atoms with Gasteiger partial charge < -0.3 is 19.5 Å². The standard InChI is InChI=1S/C17H21F3N4O/c1-21-17(24(3)11-12-6-5-9-23(12)2)22-10-13-14(18)7-4-8-15(13)25-16(19)20/h4-9,16H,10-11H2,1-3H3,(H,21,22). The maximum atomic E-state index is 14.0. The number of hydrogen-bond acceptors (Lipinski definition) is 2. The molecule has 136 valence electrons. The Hall–Kier alpha value is -2.64. The number of rotatable bonds is 6. The number of benzene rings is 1. The average molecular weight is 354 g/mol. The van der Waals surface area contributed by atoms with Gasteiger partial charge in [0.15, 0.2) is 5.96 Å². The first kappa shape index (κ1) is 18.7. The van der Waals surface area contributed by atoms with Crippen molar-refractivity contribution in [1.82, 2.24) is 14.8 Å². The Morgan fingerprint density at radius 1 is 1.32 bits per heavy atom.